The number of aromatic amines is 1. The molecule has 0 atom stereocenters. The van der Waals surface area contributed by atoms with Crippen molar-refractivity contribution >= 4 is 23.2 Å². The fourth-order valence-electron chi connectivity index (χ4n) is 3.34. The minimum atomic E-state index is -0.158. The second-order valence-corrected chi connectivity index (χ2v) is 6.45. The number of anilines is 3. The van der Waals surface area contributed by atoms with Crippen LogP contribution in [-0.2, 0) is 6.54 Å². The lowest BCUT2D eigenvalue weighted by molar-refractivity contribution is -0.367. The van der Waals surface area contributed by atoms with Gasteiger partial charge in [0.2, 0.25) is 12.1 Å². The summed E-state index contributed by atoms with van der Waals surface area (Å²) >= 11 is 0. The van der Waals surface area contributed by atoms with Crippen molar-refractivity contribution in [2.24, 2.45) is 0 Å². The quantitative estimate of drug-likeness (QED) is 0.514. The molecule has 28 heavy (non-hydrogen) atoms. The van der Waals surface area contributed by atoms with Crippen LogP contribution in [0.5, 0.6) is 0 Å². The van der Waals surface area contributed by atoms with Gasteiger partial charge in [-0.3, -0.25) is 15.0 Å². The highest BCUT2D eigenvalue weighted by Crippen LogP contribution is 2.37. The predicted octanol–water partition coefficient (Wildman–Crippen LogP) is -0.0440. The van der Waals surface area contributed by atoms with Gasteiger partial charge in [0, 0.05) is 12.1 Å². The maximum Gasteiger partial charge on any atom is 0.257 e. The van der Waals surface area contributed by atoms with Crippen LogP contribution < -0.4 is 44.1 Å². The topological polar surface area (TPSA) is 62.6 Å². The molecule has 0 saturated heterocycles. The number of halogens is 1. The number of nitrogens with zero attached hydrogens (tertiary/aromatic N) is 3. The zero-order valence-corrected chi connectivity index (χ0v) is 17.8. The summed E-state index contributed by atoms with van der Waals surface area (Å²) in [6.45, 7) is 4.46. The highest BCUT2D eigenvalue weighted by molar-refractivity contribution is 6.06. The number of aromatic nitrogens is 2. The fraction of sp³-hybridized carbons (Fsp3) is 0.190. The van der Waals surface area contributed by atoms with Gasteiger partial charge in [-0.1, -0.05) is 53.5 Å². The van der Waals surface area contributed by atoms with Crippen molar-refractivity contribution in [1.29, 1.82) is 0 Å². The maximum absolute atomic E-state index is 12.6. The van der Waals surface area contributed by atoms with Crippen LogP contribution in [0.3, 0.4) is 0 Å². The molecule has 4 rings (SSSR count). The SMILES string of the molecule is CCN1CN(Cc2ccccc2)c2[nH+]cnc(NC(=O)c3ccccc3)c21.[I-]. The number of hydrogen-bond acceptors (Lipinski definition) is 4. The number of H-pyrrole nitrogens is 1. The largest absolute Gasteiger partial charge is 1.00 e. The van der Waals surface area contributed by atoms with Gasteiger partial charge in [-0.15, -0.1) is 0 Å². The Morgan fingerprint density at radius 2 is 1.75 bits per heavy atom. The van der Waals surface area contributed by atoms with Gasteiger partial charge in [0.25, 0.3) is 11.7 Å². The van der Waals surface area contributed by atoms with Crippen molar-refractivity contribution in [3.63, 3.8) is 0 Å². The van der Waals surface area contributed by atoms with Crippen LogP contribution in [0.2, 0.25) is 0 Å². The number of nitrogens with one attached hydrogen (secondary N) is 2. The van der Waals surface area contributed by atoms with Crippen molar-refractivity contribution in [1.82, 2.24) is 4.98 Å². The number of benzene rings is 2. The Morgan fingerprint density at radius 1 is 1.07 bits per heavy atom. The Balaban J connectivity index is 0.00000225. The van der Waals surface area contributed by atoms with Gasteiger partial charge >= 0.3 is 0 Å². The van der Waals surface area contributed by atoms with Gasteiger partial charge in [0.1, 0.15) is 6.67 Å². The Morgan fingerprint density at radius 3 is 2.43 bits per heavy atom. The molecule has 1 aliphatic heterocycles. The fourth-order valence-corrected chi connectivity index (χ4v) is 3.34. The van der Waals surface area contributed by atoms with Gasteiger partial charge < -0.3 is 28.9 Å². The summed E-state index contributed by atoms with van der Waals surface area (Å²) in [4.78, 5) is 24.7. The molecule has 0 radical (unpaired) electrons. The lowest BCUT2D eigenvalue weighted by Gasteiger charge is -2.16. The van der Waals surface area contributed by atoms with Crippen LogP contribution in [0.1, 0.15) is 22.8 Å². The second kappa shape index (κ2) is 9.01. The molecule has 2 heterocycles. The van der Waals surface area contributed by atoms with Crippen molar-refractivity contribution in [3.05, 3.63) is 78.1 Å². The first-order chi connectivity index (χ1) is 13.3. The van der Waals surface area contributed by atoms with Crippen LogP contribution in [0.15, 0.2) is 67.0 Å². The number of amides is 1. The summed E-state index contributed by atoms with van der Waals surface area (Å²) in [5.74, 6) is 1.39. The molecule has 6 nitrogen and oxygen atoms in total. The first kappa shape index (κ1) is 20.1. The Bertz CT molecular complexity index is 936. The molecule has 0 bridgehead atoms. The van der Waals surface area contributed by atoms with E-state index in [1.54, 1.807) is 18.5 Å². The monoisotopic (exact) mass is 487 g/mol. The van der Waals surface area contributed by atoms with Crippen LogP contribution >= 0.6 is 0 Å². The summed E-state index contributed by atoms with van der Waals surface area (Å²) in [6.07, 6.45) is 1.64. The molecule has 2 N–H and O–H groups in total. The first-order valence-electron chi connectivity index (χ1n) is 9.07. The summed E-state index contributed by atoms with van der Waals surface area (Å²) < 4.78 is 0. The Labute approximate surface area is 181 Å². The third kappa shape index (κ3) is 4.09. The van der Waals surface area contributed by atoms with E-state index in [1.165, 1.54) is 5.56 Å². The van der Waals surface area contributed by atoms with E-state index in [0.29, 0.717) is 11.4 Å². The van der Waals surface area contributed by atoms with Gasteiger partial charge in [-0.25, -0.2) is 4.98 Å². The molecule has 1 aliphatic rings. The summed E-state index contributed by atoms with van der Waals surface area (Å²) in [5.41, 5.74) is 2.78. The molecule has 1 aromatic heterocycles. The average Bonchev–Trinajstić information content (AvgIpc) is 3.08. The highest BCUT2D eigenvalue weighted by atomic mass is 127. The Kier molecular flexibility index (Phi) is 6.45. The smallest absolute Gasteiger partial charge is 0.257 e. The van der Waals surface area contributed by atoms with Crippen molar-refractivity contribution < 1.29 is 33.8 Å². The van der Waals surface area contributed by atoms with E-state index in [1.807, 2.05) is 36.4 Å². The molecule has 0 saturated carbocycles. The standard InChI is InChI=1S/C21H21N5O.HI/c1-2-25-15-26(13-16-9-5-3-6-10-16)20-18(25)19(22-14-23-20)24-21(27)17-11-7-4-8-12-17;/h3-12,14H,2,13,15H2,1H3,(H,22,23,24,27);1H. The zero-order chi connectivity index (χ0) is 18.6. The summed E-state index contributed by atoms with van der Waals surface area (Å²) in [6, 6.07) is 19.5. The zero-order valence-electron chi connectivity index (χ0n) is 15.6. The number of carbonyl (C=O) groups excluding carboxylic acids is 1. The van der Waals surface area contributed by atoms with Gasteiger partial charge in [-0.05, 0) is 24.6 Å². The summed E-state index contributed by atoms with van der Waals surface area (Å²) in [7, 11) is 0. The van der Waals surface area contributed by atoms with Crippen molar-refractivity contribution in [2.75, 3.05) is 28.3 Å². The molecular weight excluding hydrogens is 465 g/mol. The molecule has 7 heteroatoms. The van der Waals surface area contributed by atoms with Crippen LogP contribution in [0.4, 0.5) is 17.3 Å². The third-order valence-corrected chi connectivity index (χ3v) is 4.68. The Hall–Kier alpha value is -2.68. The van der Waals surface area contributed by atoms with Crippen LogP contribution in [-0.4, -0.2) is 24.1 Å². The minimum absolute atomic E-state index is 0. The van der Waals surface area contributed by atoms with E-state index in [9.17, 15) is 4.79 Å². The molecule has 0 fully saturated rings. The molecule has 2 aromatic carbocycles. The van der Waals surface area contributed by atoms with E-state index in [0.717, 1.165) is 31.3 Å². The number of fused-ring (bicyclic) bond motifs is 1. The lowest BCUT2D eigenvalue weighted by atomic mass is 10.2. The van der Waals surface area contributed by atoms with E-state index in [-0.39, 0.29) is 29.9 Å². The molecule has 0 aliphatic carbocycles. The maximum atomic E-state index is 12.6. The normalized spacial score (nSPS) is 12.3. The van der Waals surface area contributed by atoms with E-state index >= 15 is 0 Å². The van der Waals surface area contributed by atoms with Gasteiger partial charge in [0.15, 0.2) is 5.69 Å². The summed E-state index contributed by atoms with van der Waals surface area (Å²) in [5, 5.41) is 2.97. The second-order valence-electron chi connectivity index (χ2n) is 6.45. The average molecular weight is 487 g/mol. The number of hydrogen-bond donors (Lipinski definition) is 1. The first-order valence-corrected chi connectivity index (χ1v) is 9.07. The molecule has 0 spiro atoms. The molecule has 0 unspecified atom stereocenters. The molecule has 3 aromatic rings. The van der Waals surface area contributed by atoms with E-state index in [4.69, 9.17) is 0 Å². The van der Waals surface area contributed by atoms with Gasteiger partial charge in [0.05, 0.1) is 6.54 Å². The van der Waals surface area contributed by atoms with Crippen molar-refractivity contribution in [3.8, 4) is 0 Å². The highest BCUT2D eigenvalue weighted by Gasteiger charge is 2.35. The van der Waals surface area contributed by atoms with E-state index < -0.39 is 0 Å². The van der Waals surface area contributed by atoms with Crippen LogP contribution in [0.25, 0.3) is 0 Å². The minimum Gasteiger partial charge on any atom is -1.00 e. The molecule has 144 valence electrons. The molecular formula is C21H22IN5O. The van der Waals surface area contributed by atoms with Crippen molar-refractivity contribution in [2.45, 2.75) is 13.5 Å². The number of carbonyl (C=O) groups is 1. The molecule has 1 amide bonds. The van der Waals surface area contributed by atoms with Gasteiger partial charge in [-0.2, -0.15) is 0 Å². The third-order valence-electron chi connectivity index (χ3n) is 4.68. The van der Waals surface area contributed by atoms with E-state index in [2.05, 4.69) is 44.1 Å². The number of rotatable bonds is 5. The lowest BCUT2D eigenvalue weighted by Crippen LogP contribution is -3.00. The van der Waals surface area contributed by atoms with Crippen LogP contribution in [0, 0.1) is 0 Å². The predicted molar refractivity (Wildman–Crippen MR) is 106 cm³/mol.